The molecular formula is C15H23NO2. The largest absolute Gasteiger partial charge is 0.491 e. The molecule has 1 aromatic rings. The quantitative estimate of drug-likeness (QED) is 0.813. The predicted molar refractivity (Wildman–Crippen MR) is 72.8 cm³/mol. The molecule has 3 heteroatoms. The summed E-state index contributed by atoms with van der Waals surface area (Å²) >= 11 is 0. The zero-order valence-electron chi connectivity index (χ0n) is 10.8. The Hall–Kier alpha value is -1.06. The van der Waals surface area contributed by atoms with E-state index in [2.05, 4.69) is 5.32 Å². The summed E-state index contributed by atoms with van der Waals surface area (Å²) in [5.41, 5.74) is 0. The molecule has 0 aliphatic heterocycles. The van der Waals surface area contributed by atoms with E-state index in [0.717, 1.165) is 5.75 Å². The molecule has 1 aliphatic carbocycles. The molecule has 2 N–H and O–H groups in total. The maximum atomic E-state index is 9.85. The van der Waals surface area contributed by atoms with E-state index in [9.17, 15) is 5.11 Å². The van der Waals surface area contributed by atoms with Gasteiger partial charge in [0.1, 0.15) is 18.5 Å². The number of benzene rings is 1. The smallest absolute Gasteiger partial charge is 0.119 e. The summed E-state index contributed by atoms with van der Waals surface area (Å²) in [4.78, 5) is 0. The van der Waals surface area contributed by atoms with Crippen LogP contribution < -0.4 is 10.1 Å². The molecule has 2 rings (SSSR count). The number of ether oxygens (including phenoxy) is 1. The molecule has 1 aliphatic rings. The minimum Gasteiger partial charge on any atom is -0.491 e. The molecule has 1 aromatic carbocycles. The highest BCUT2D eigenvalue weighted by atomic mass is 16.5. The Morgan fingerprint density at radius 3 is 2.61 bits per heavy atom. The van der Waals surface area contributed by atoms with Gasteiger partial charge in [-0.1, -0.05) is 37.5 Å². The Bertz CT molecular complexity index is 323. The van der Waals surface area contributed by atoms with E-state index in [1.54, 1.807) is 0 Å². The lowest BCUT2D eigenvalue weighted by molar-refractivity contribution is 0.102. The summed E-state index contributed by atoms with van der Waals surface area (Å²) < 4.78 is 5.52. The summed E-state index contributed by atoms with van der Waals surface area (Å²) in [5, 5.41) is 13.3. The van der Waals surface area contributed by atoms with E-state index in [4.69, 9.17) is 4.74 Å². The number of hydrogen-bond acceptors (Lipinski definition) is 3. The summed E-state index contributed by atoms with van der Waals surface area (Å²) in [5.74, 6) is 0.814. The number of aliphatic hydroxyl groups excluding tert-OH is 1. The number of aliphatic hydroxyl groups is 1. The van der Waals surface area contributed by atoms with Crippen LogP contribution in [0, 0.1) is 0 Å². The van der Waals surface area contributed by atoms with Crippen molar-refractivity contribution in [1.29, 1.82) is 0 Å². The first kappa shape index (κ1) is 13.4. The van der Waals surface area contributed by atoms with Gasteiger partial charge in [0, 0.05) is 12.6 Å². The van der Waals surface area contributed by atoms with E-state index in [1.807, 2.05) is 30.3 Å². The molecule has 100 valence electrons. The van der Waals surface area contributed by atoms with Gasteiger partial charge in [0.2, 0.25) is 0 Å². The van der Waals surface area contributed by atoms with Gasteiger partial charge in [0.25, 0.3) is 0 Å². The standard InChI is InChI=1S/C15H23NO2/c17-14(11-16-13-7-3-1-4-8-13)12-18-15-9-5-2-6-10-15/h2,5-6,9-10,13-14,16-17H,1,3-4,7-8,11-12H2/t14-/m0/s1. The lowest BCUT2D eigenvalue weighted by Gasteiger charge is -2.24. The molecule has 0 unspecified atom stereocenters. The molecule has 1 fully saturated rings. The number of hydrogen-bond donors (Lipinski definition) is 2. The van der Waals surface area contributed by atoms with Crippen LogP contribution in [-0.2, 0) is 0 Å². The van der Waals surface area contributed by atoms with E-state index >= 15 is 0 Å². The molecule has 0 saturated heterocycles. The molecule has 0 heterocycles. The summed E-state index contributed by atoms with van der Waals surface area (Å²) in [6.45, 7) is 0.973. The second kappa shape index (κ2) is 7.39. The molecule has 0 radical (unpaired) electrons. The zero-order chi connectivity index (χ0) is 12.6. The molecule has 0 spiro atoms. The van der Waals surface area contributed by atoms with Crippen LogP contribution in [0.3, 0.4) is 0 Å². The molecular weight excluding hydrogens is 226 g/mol. The highest BCUT2D eigenvalue weighted by molar-refractivity contribution is 5.20. The minimum absolute atomic E-state index is 0.351. The molecule has 0 bridgehead atoms. The first-order chi connectivity index (χ1) is 8.84. The second-order valence-corrected chi connectivity index (χ2v) is 5.02. The predicted octanol–water partition coefficient (Wildman–Crippen LogP) is 2.35. The third-order valence-corrected chi connectivity index (χ3v) is 3.43. The third-order valence-electron chi connectivity index (χ3n) is 3.43. The van der Waals surface area contributed by atoms with Crippen LogP contribution in [0.4, 0.5) is 0 Å². The molecule has 0 amide bonds. The first-order valence-electron chi connectivity index (χ1n) is 6.94. The number of nitrogens with one attached hydrogen (secondary N) is 1. The van der Waals surface area contributed by atoms with Crippen LogP contribution in [0.15, 0.2) is 30.3 Å². The van der Waals surface area contributed by atoms with Crippen LogP contribution >= 0.6 is 0 Å². The van der Waals surface area contributed by atoms with E-state index in [0.29, 0.717) is 19.2 Å². The summed E-state index contributed by atoms with van der Waals surface area (Å²) in [6.07, 6.45) is 6.03. The van der Waals surface area contributed by atoms with Crippen molar-refractivity contribution in [2.45, 2.75) is 44.2 Å². The van der Waals surface area contributed by atoms with Crippen molar-refractivity contribution in [3.63, 3.8) is 0 Å². The Morgan fingerprint density at radius 1 is 1.17 bits per heavy atom. The van der Waals surface area contributed by atoms with Crippen LogP contribution in [0.25, 0.3) is 0 Å². The maximum Gasteiger partial charge on any atom is 0.119 e. The topological polar surface area (TPSA) is 41.5 Å². The van der Waals surface area contributed by atoms with Gasteiger partial charge < -0.3 is 15.2 Å². The SMILES string of the molecule is O[C@@H](CNC1CCCCC1)COc1ccccc1. The lowest BCUT2D eigenvalue weighted by Crippen LogP contribution is -2.38. The lowest BCUT2D eigenvalue weighted by atomic mass is 9.95. The van der Waals surface area contributed by atoms with Gasteiger partial charge in [-0.25, -0.2) is 0 Å². The van der Waals surface area contributed by atoms with Gasteiger partial charge in [-0.15, -0.1) is 0 Å². The molecule has 0 aromatic heterocycles. The van der Waals surface area contributed by atoms with Gasteiger partial charge in [0.15, 0.2) is 0 Å². The zero-order valence-corrected chi connectivity index (χ0v) is 10.8. The Labute approximate surface area is 109 Å². The van der Waals surface area contributed by atoms with Gasteiger partial charge in [-0.2, -0.15) is 0 Å². The fourth-order valence-electron chi connectivity index (χ4n) is 2.38. The van der Waals surface area contributed by atoms with Crippen molar-refractivity contribution < 1.29 is 9.84 Å². The van der Waals surface area contributed by atoms with Crippen molar-refractivity contribution >= 4 is 0 Å². The van der Waals surface area contributed by atoms with Gasteiger partial charge in [-0.3, -0.25) is 0 Å². The van der Waals surface area contributed by atoms with Crippen molar-refractivity contribution in [3.05, 3.63) is 30.3 Å². The second-order valence-electron chi connectivity index (χ2n) is 5.02. The Morgan fingerprint density at radius 2 is 1.89 bits per heavy atom. The number of rotatable bonds is 6. The van der Waals surface area contributed by atoms with Crippen molar-refractivity contribution in [2.24, 2.45) is 0 Å². The third kappa shape index (κ3) is 4.67. The fraction of sp³-hybridized carbons (Fsp3) is 0.600. The van der Waals surface area contributed by atoms with E-state index in [1.165, 1.54) is 32.1 Å². The maximum absolute atomic E-state index is 9.85. The molecule has 18 heavy (non-hydrogen) atoms. The van der Waals surface area contributed by atoms with Crippen LogP contribution in [-0.4, -0.2) is 30.4 Å². The van der Waals surface area contributed by atoms with E-state index in [-0.39, 0.29) is 0 Å². The van der Waals surface area contributed by atoms with Gasteiger partial charge in [-0.05, 0) is 25.0 Å². The van der Waals surface area contributed by atoms with Gasteiger partial charge in [0.05, 0.1) is 0 Å². The molecule has 1 atom stereocenters. The van der Waals surface area contributed by atoms with E-state index < -0.39 is 6.10 Å². The van der Waals surface area contributed by atoms with Crippen molar-refractivity contribution in [3.8, 4) is 5.75 Å². The monoisotopic (exact) mass is 249 g/mol. The highest BCUT2D eigenvalue weighted by Gasteiger charge is 2.14. The normalized spacial score (nSPS) is 18.5. The van der Waals surface area contributed by atoms with Crippen LogP contribution in [0.2, 0.25) is 0 Å². The fourth-order valence-corrected chi connectivity index (χ4v) is 2.38. The molecule has 1 saturated carbocycles. The van der Waals surface area contributed by atoms with Crippen LogP contribution in [0.5, 0.6) is 5.75 Å². The molecule has 3 nitrogen and oxygen atoms in total. The average molecular weight is 249 g/mol. The Kier molecular flexibility index (Phi) is 5.49. The van der Waals surface area contributed by atoms with Crippen LogP contribution in [0.1, 0.15) is 32.1 Å². The van der Waals surface area contributed by atoms with Crippen molar-refractivity contribution in [1.82, 2.24) is 5.32 Å². The van der Waals surface area contributed by atoms with Crippen molar-refractivity contribution in [2.75, 3.05) is 13.2 Å². The number of para-hydroxylation sites is 1. The Balaban J connectivity index is 1.61. The first-order valence-corrected chi connectivity index (χ1v) is 6.94. The van der Waals surface area contributed by atoms with Gasteiger partial charge >= 0.3 is 0 Å². The average Bonchev–Trinajstić information content (AvgIpc) is 2.45. The summed E-state index contributed by atoms with van der Waals surface area (Å²) in [7, 11) is 0. The summed E-state index contributed by atoms with van der Waals surface area (Å²) in [6, 6.07) is 10.2. The highest BCUT2D eigenvalue weighted by Crippen LogP contribution is 2.17. The minimum atomic E-state index is -0.438.